The maximum Gasteiger partial charge on any atom is 0.174 e. The Morgan fingerprint density at radius 1 is 1.38 bits per heavy atom. The van der Waals surface area contributed by atoms with Gasteiger partial charge in [0.15, 0.2) is 5.78 Å². The highest BCUT2D eigenvalue weighted by molar-refractivity contribution is 6.03. The molecule has 0 radical (unpaired) electrons. The first-order valence-corrected chi connectivity index (χ1v) is 4.87. The summed E-state index contributed by atoms with van der Waals surface area (Å²) in [4.78, 5) is 11.3. The molecule has 0 heterocycles. The number of rotatable bonds is 3. The average molecular weight is 215 g/mol. The molecule has 82 valence electrons. The number of aryl methyl sites for hydroxylation is 1. The van der Waals surface area contributed by atoms with Gasteiger partial charge in [-0.1, -0.05) is 24.3 Å². The summed E-state index contributed by atoms with van der Waals surface area (Å²) in [6.07, 6.45) is 0. The van der Waals surface area contributed by atoms with E-state index in [1.807, 2.05) is 37.3 Å². The number of benzene rings is 1. The molecule has 0 amide bonds. The Morgan fingerprint density at radius 3 is 2.44 bits per heavy atom. The normalized spacial score (nSPS) is 11.4. The van der Waals surface area contributed by atoms with Gasteiger partial charge in [0, 0.05) is 12.5 Å². The quantitative estimate of drug-likeness (QED) is 0.442. The number of nitriles is 1. The van der Waals surface area contributed by atoms with E-state index in [1.165, 1.54) is 14.0 Å². The third-order valence-electron chi connectivity index (χ3n) is 2.28. The first kappa shape index (κ1) is 12.0. The molecule has 0 aromatic heterocycles. The van der Waals surface area contributed by atoms with E-state index < -0.39 is 0 Å². The Balaban J connectivity index is 3.44. The molecule has 1 rings (SSSR count). The van der Waals surface area contributed by atoms with Gasteiger partial charge in [0.05, 0.1) is 7.11 Å². The zero-order chi connectivity index (χ0) is 12.1. The topological polar surface area (TPSA) is 50.1 Å². The summed E-state index contributed by atoms with van der Waals surface area (Å²) in [7, 11) is 1.46. The van der Waals surface area contributed by atoms with E-state index in [0.29, 0.717) is 5.76 Å². The fraction of sp³-hybridized carbons (Fsp3) is 0.231. The van der Waals surface area contributed by atoms with Crippen LogP contribution in [0.5, 0.6) is 0 Å². The van der Waals surface area contributed by atoms with Crippen LogP contribution in [0.3, 0.4) is 0 Å². The van der Waals surface area contributed by atoms with E-state index in [0.717, 1.165) is 11.1 Å². The van der Waals surface area contributed by atoms with Gasteiger partial charge in [0.25, 0.3) is 0 Å². The van der Waals surface area contributed by atoms with Crippen molar-refractivity contribution in [2.24, 2.45) is 0 Å². The second kappa shape index (κ2) is 5.13. The first-order valence-electron chi connectivity index (χ1n) is 4.87. The van der Waals surface area contributed by atoms with E-state index in [-0.39, 0.29) is 11.4 Å². The lowest BCUT2D eigenvalue weighted by atomic mass is 10.0. The van der Waals surface area contributed by atoms with E-state index in [1.54, 1.807) is 0 Å². The van der Waals surface area contributed by atoms with E-state index in [4.69, 9.17) is 10.00 Å². The third kappa shape index (κ3) is 2.29. The number of carbonyl (C=O) groups is 1. The molecule has 0 atom stereocenters. The van der Waals surface area contributed by atoms with Crippen LogP contribution in [0.2, 0.25) is 0 Å². The summed E-state index contributed by atoms with van der Waals surface area (Å²) in [5, 5.41) is 8.94. The minimum absolute atomic E-state index is 0.0526. The maximum absolute atomic E-state index is 11.3. The number of hydrogen-bond acceptors (Lipinski definition) is 3. The van der Waals surface area contributed by atoms with Crippen molar-refractivity contribution >= 4 is 11.5 Å². The van der Waals surface area contributed by atoms with Crippen LogP contribution in [0, 0.1) is 18.3 Å². The van der Waals surface area contributed by atoms with Crippen molar-refractivity contribution in [1.82, 2.24) is 0 Å². The SMILES string of the molecule is CO/C(=C(\C#N)C(C)=O)c1ccccc1C. The van der Waals surface area contributed by atoms with Gasteiger partial charge in [0.2, 0.25) is 0 Å². The Morgan fingerprint density at radius 2 is 2.00 bits per heavy atom. The lowest BCUT2D eigenvalue weighted by molar-refractivity contribution is -0.113. The van der Waals surface area contributed by atoms with Crippen LogP contribution in [0.25, 0.3) is 5.76 Å². The molecule has 0 N–H and O–H groups in total. The van der Waals surface area contributed by atoms with Crippen LogP contribution in [-0.2, 0) is 9.53 Å². The maximum atomic E-state index is 11.3. The van der Waals surface area contributed by atoms with E-state index in [9.17, 15) is 4.79 Å². The molecule has 1 aromatic rings. The molecule has 0 unspecified atom stereocenters. The molecule has 3 nitrogen and oxygen atoms in total. The van der Waals surface area contributed by atoms with Crippen molar-refractivity contribution in [3.63, 3.8) is 0 Å². The highest BCUT2D eigenvalue weighted by atomic mass is 16.5. The van der Waals surface area contributed by atoms with Gasteiger partial charge in [-0.2, -0.15) is 5.26 Å². The molecule has 0 aliphatic heterocycles. The van der Waals surface area contributed by atoms with Crippen molar-refractivity contribution in [1.29, 1.82) is 5.26 Å². The molecular weight excluding hydrogens is 202 g/mol. The minimum atomic E-state index is -0.289. The molecule has 0 bridgehead atoms. The molecule has 0 spiro atoms. The van der Waals surface area contributed by atoms with E-state index in [2.05, 4.69) is 0 Å². The zero-order valence-corrected chi connectivity index (χ0v) is 9.57. The smallest absolute Gasteiger partial charge is 0.174 e. The Hall–Kier alpha value is -2.08. The second-order valence-corrected chi connectivity index (χ2v) is 3.39. The zero-order valence-electron chi connectivity index (χ0n) is 9.57. The number of hydrogen-bond donors (Lipinski definition) is 0. The van der Waals surface area contributed by atoms with Gasteiger partial charge >= 0.3 is 0 Å². The van der Waals surface area contributed by atoms with Crippen LogP contribution in [0.4, 0.5) is 0 Å². The molecule has 0 fully saturated rings. The summed E-state index contributed by atoms with van der Waals surface area (Å²) < 4.78 is 5.17. The largest absolute Gasteiger partial charge is 0.495 e. The fourth-order valence-corrected chi connectivity index (χ4v) is 1.46. The number of nitrogens with zero attached hydrogens (tertiary/aromatic N) is 1. The molecule has 0 saturated carbocycles. The summed E-state index contributed by atoms with van der Waals surface area (Å²) in [5.74, 6) is 0.0516. The number of carbonyl (C=O) groups excluding carboxylic acids is 1. The van der Waals surface area contributed by atoms with Gasteiger partial charge in [0.1, 0.15) is 17.4 Å². The first-order chi connectivity index (χ1) is 7.61. The number of methoxy groups -OCH3 is 1. The van der Waals surface area contributed by atoms with Gasteiger partial charge in [-0.25, -0.2) is 0 Å². The van der Waals surface area contributed by atoms with Crippen molar-refractivity contribution in [2.45, 2.75) is 13.8 Å². The second-order valence-electron chi connectivity index (χ2n) is 3.39. The van der Waals surface area contributed by atoms with Crippen molar-refractivity contribution in [2.75, 3.05) is 7.11 Å². The van der Waals surface area contributed by atoms with Gasteiger partial charge in [-0.15, -0.1) is 0 Å². The Bertz CT molecular complexity index is 481. The molecule has 0 aliphatic rings. The number of allylic oxidation sites excluding steroid dienone is 1. The average Bonchev–Trinajstić information content (AvgIpc) is 2.26. The number of ether oxygens (including phenoxy) is 1. The summed E-state index contributed by atoms with van der Waals surface area (Å²) >= 11 is 0. The highest BCUT2D eigenvalue weighted by Crippen LogP contribution is 2.22. The molecule has 0 aliphatic carbocycles. The predicted molar refractivity (Wildman–Crippen MR) is 61.4 cm³/mol. The van der Waals surface area contributed by atoms with Crippen LogP contribution in [0.1, 0.15) is 18.1 Å². The Kier molecular flexibility index (Phi) is 3.84. The standard InChI is InChI=1S/C13H13NO2/c1-9-6-4-5-7-11(9)13(16-3)12(8-14)10(2)15/h4-7H,1-3H3/b13-12+. The van der Waals surface area contributed by atoms with E-state index >= 15 is 0 Å². The van der Waals surface area contributed by atoms with Crippen molar-refractivity contribution in [3.05, 3.63) is 41.0 Å². The summed E-state index contributed by atoms with van der Waals surface area (Å²) in [6, 6.07) is 9.36. The monoisotopic (exact) mass is 215 g/mol. The predicted octanol–water partition coefficient (Wildman–Crippen LogP) is 2.47. The van der Waals surface area contributed by atoms with Gasteiger partial charge in [-0.3, -0.25) is 4.79 Å². The lowest BCUT2D eigenvalue weighted by Crippen LogP contribution is -2.02. The van der Waals surface area contributed by atoms with Crippen molar-refractivity contribution < 1.29 is 9.53 Å². The van der Waals surface area contributed by atoms with Crippen LogP contribution < -0.4 is 0 Å². The third-order valence-corrected chi connectivity index (χ3v) is 2.28. The molecule has 16 heavy (non-hydrogen) atoms. The molecular formula is C13H13NO2. The number of Topliss-reactive ketones (excluding diaryl/α,β-unsaturated/α-hetero) is 1. The summed E-state index contributed by atoms with van der Waals surface area (Å²) in [5.41, 5.74) is 1.79. The van der Waals surface area contributed by atoms with Crippen molar-refractivity contribution in [3.8, 4) is 6.07 Å². The van der Waals surface area contributed by atoms with Crippen LogP contribution in [0.15, 0.2) is 29.8 Å². The Labute approximate surface area is 95.0 Å². The van der Waals surface area contributed by atoms with Crippen LogP contribution >= 0.6 is 0 Å². The van der Waals surface area contributed by atoms with Crippen LogP contribution in [-0.4, -0.2) is 12.9 Å². The molecule has 0 saturated heterocycles. The fourth-order valence-electron chi connectivity index (χ4n) is 1.46. The molecule has 1 aromatic carbocycles. The summed E-state index contributed by atoms with van der Waals surface area (Å²) in [6.45, 7) is 3.26. The molecule has 3 heteroatoms. The van der Waals surface area contributed by atoms with Gasteiger partial charge < -0.3 is 4.74 Å². The highest BCUT2D eigenvalue weighted by Gasteiger charge is 2.15. The minimum Gasteiger partial charge on any atom is -0.495 e. The lowest BCUT2D eigenvalue weighted by Gasteiger charge is -2.10. The number of ketones is 1. The van der Waals surface area contributed by atoms with Gasteiger partial charge in [-0.05, 0) is 12.5 Å².